The van der Waals surface area contributed by atoms with Crippen molar-refractivity contribution in [3.05, 3.63) is 70.9 Å². The number of methoxy groups -OCH3 is 1. The second kappa shape index (κ2) is 11.4. The number of halogens is 1. The van der Waals surface area contributed by atoms with E-state index in [2.05, 4.69) is 34.1 Å². The van der Waals surface area contributed by atoms with Gasteiger partial charge in [0.25, 0.3) is 0 Å². The molecule has 1 aliphatic rings. The number of carbonyl (C=O) groups is 1. The van der Waals surface area contributed by atoms with Crippen LogP contribution in [-0.4, -0.2) is 52.8 Å². The van der Waals surface area contributed by atoms with E-state index >= 15 is 0 Å². The van der Waals surface area contributed by atoms with Gasteiger partial charge in [0.15, 0.2) is 0 Å². The summed E-state index contributed by atoms with van der Waals surface area (Å²) in [6.07, 6.45) is 4.61. The molecule has 4 rings (SSSR count). The van der Waals surface area contributed by atoms with E-state index < -0.39 is 17.5 Å². The van der Waals surface area contributed by atoms with Crippen LogP contribution in [0.15, 0.2) is 54.7 Å². The van der Waals surface area contributed by atoms with Crippen LogP contribution in [-0.2, 0) is 11.2 Å². The van der Waals surface area contributed by atoms with E-state index in [4.69, 9.17) is 16.3 Å². The minimum absolute atomic E-state index is 0.316. The van der Waals surface area contributed by atoms with Crippen LogP contribution in [0.4, 0.5) is 0 Å². The smallest absolute Gasteiger partial charge is 0.309 e. The lowest BCUT2D eigenvalue weighted by Gasteiger charge is -2.39. The molecule has 2 N–H and O–H groups in total. The lowest BCUT2D eigenvalue weighted by molar-refractivity contribution is -0.153. The Labute approximate surface area is 211 Å². The fourth-order valence-electron chi connectivity index (χ4n) is 5.12. The number of aliphatic carboxylic acids is 1. The SMILES string of the molecule is COc1ccc2ncc(Cl)c([C@H](O)CCC3(C(=O)O)CCN(CCCc4ccccc4)CC3)c2c1. The standard InChI is InChI=1S/C28H33ClN2O4/c1-35-21-9-10-24-22(18-21)26(23(29)19-30-24)25(32)11-12-28(27(33)34)13-16-31(17-14-28)15-5-8-20-6-3-2-4-7-20/h2-4,6-7,9-10,18-19,25,32H,5,8,11-17H2,1H3,(H,33,34)/t25-/m1/s1. The minimum atomic E-state index is -0.889. The summed E-state index contributed by atoms with van der Waals surface area (Å²) in [7, 11) is 1.58. The van der Waals surface area contributed by atoms with Crippen LogP contribution in [0.2, 0.25) is 5.02 Å². The molecule has 7 heteroatoms. The molecule has 2 heterocycles. The predicted octanol–water partition coefficient (Wildman–Crippen LogP) is 5.51. The number of rotatable bonds is 10. The van der Waals surface area contributed by atoms with Crippen molar-refractivity contribution >= 4 is 28.5 Å². The van der Waals surface area contributed by atoms with E-state index in [1.807, 2.05) is 24.3 Å². The van der Waals surface area contributed by atoms with Crippen LogP contribution in [0.1, 0.15) is 49.3 Å². The van der Waals surface area contributed by atoms with E-state index in [9.17, 15) is 15.0 Å². The molecule has 1 aliphatic heterocycles. The zero-order valence-corrected chi connectivity index (χ0v) is 20.9. The number of nitrogens with zero attached hydrogens (tertiary/aromatic N) is 2. The highest BCUT2D eigenvalue weighted by Gasteiger charge is 2.41. The summed E-state index contributed by atoms with van der Waals surface area (Å²) in [6, 6.07) is 15.9. The molecule has 0 unspecified atom stereocenters. The maximum atomic E-state index is 12.3. The first-order chi connectivity index (χ1) is 16.9. The van der Waals surface area contributed by atoms with Gasteiger partial charge in [-0.3, -0.25) is 9.78 Å². The topological polar surface area (TPSA) is 82.9 Å². The van der Waals surface area contributed by atoms with Gasteiger partial charge in [0.05, 0.1) is 29.2 Å². The highest BCUT2D eigenvalue weighted by molar-refractivity contribution is 6.32. The zero-order valence-electron chi connectivity index (χ0n) is 20.1. The minimum Gasteiger partial charge on any atom is -0.497 e. The Morgan fingerprint density at radius 1 is 1.20 bits per heavy atom. The highest BCUT2D eigenvalue weighted by atomic mass is 35.5. The van der Waals surface area contributed by atoms with Gasteiger partial charge < -0.3 is 19.8 Å². The summed E-state index contributed by atoms with van der Waals surface area (Å²) >= 11 is 6.44. The van der Waals surface area contributed by atoms with E-state index in [-0.39, 0.29) is 0 Å². The van der Waals surface area contributed by atoms with E-state index in [1.165, 1.54) is 11.8 Å². The first kappa shape index (κ1) is 25.4. The highest BCUT2D eigenvalue weighted by Crippen LogP contribution is 2.41. The van der Waals surface area contributed by atoms with Gasteiger partial charge in [-0.1, -0.05) is 41.9 Å². The average Bonchev–Trinajstić information content (AvgIpc) is 2.88. The van der Waals surface area contributed by atoms with Crippen molar-refractivity contribution in [2.45, 2.75) is 44.6 Å². The molecule has 0 bridgehead atoms. The van der Waals surface area contributed by atoms with Crippen molar-refractivity contribution in [3.63, 3.8) is 0 Å². The number of carboxylic acids is 1. The van der Waals surface area contributed by atoms with Gasteiger partial charge in [0.2, 0.25) is 0 Å². The molecule has 35 heavy (non-hydrogen) atoms. The molecule has 1 saturated heterocycles. The molecule has 1 fully saturated rings. The summed E-state index contributed by atoms with van der Waals surface area (Å²) in [5, 5.41) is 22.3. The molecule has 1 atom stereocenters. The third-order valence-electron chi connectivity index (χ3n) is 7.35. The first-order valence-corrected chi connectivity index (χ1v) is 12.6. The molecule has 0 aliphatic carbocycles. The largest absolute Gasteiger partial charge is 0.497 e. The van der Waals surface area contributed by atoms with E-state index in [0.29, 0.717) is 47.5 Å². The van der Waals surface area contributed by atoms with Crippen LogP contribution in [0, 0.1) is 5.41 Å². The number of pyridine rings is 1. The number of fused-ring (bicyclic) bond motifs is 1. The fraction of sp³-hybridized carbons (Fsp3) is 0.429. The fourth-order valence-corrected chi connectivity index (χ4v) is 5.39. The Bertz CT molecular complexity index is 1150. The van der Waals surface area contributed by atoms with Gasteiger partial charge in [0.1, 0.15) is 5.75 Å². The third kappa shape index (κ3) is 5.95. The average molecular weight is 497 g/mol. The number of carboxylic acid groups (broad SMARTS) is 1. The van der Waals surface area contributed by atoms with Crippen LogP contribution < -0.4 is 4.74 Å². The predicted molar refractivity (Wildman–Crippen MR) is 138 cm³/mol. The normalized spacial score (nSPS) is 16.8. The van der Waals surface area contributed by atoms with Gasteiger partial charge in [-0.25, -0.2) is 0 Å². The zero-order chi connectivity index (χ0) is 24.8. The van der Waals surface area contributed by atoms with Crippen molar-refractivity contribution in [1.29, 1.82) is 0 Å². The number of hydrogen-bond acceptors (Lipinski definition) is 5. The van der Waals surface area contributed by atoms with Crippen molar-refractivity contribution in [3.8, 4) is 5.75 Å². The number of aryl methyl sites for hydroxylation is 1. The Balaban J connectivity index is 1.38. The van der Waals surface area contributed by atoms with Crippen molar-refractivity contribution in [2.24, 2.45) is 5.41 Å². The molecule has 0 saturated carbocycles. The number of piperidine rings is 1. The molecule has 186 valence electrons. The van der Waals surface area contributed by atoms with Crippen LogP contribution in [0.25, 0.3) is 10.9 Å². The van der Waals surface area contributed by atoms with Gasteiger partial charge in [-0.05, 0) is 81.9 Å². The number of aliphatic hydroxyl groups is 1. The summed E-state index contributed by atoms with van der Waals surface area (Å²) < 4.78 is 5.33. The number of aromatic nitrogens is 1. The molecule has 2 aromatic carbocycles. The van der Waals surface area contributed by atoms with Gasteiger partial charge in [-0.2, -0.15) is 0 Å². The number of hydrogen-bond donors (Lipinski definition) is 2. The van der Waals surface area contributed by atoms with Crippen molar-refractivity contribution in [2.75, 3.05) is 26.7 Å². The Hall–Kier alpha value is -2.67. The van der Waals surface area contributed by atoms with Gasteiger partial charge in [0, 0.05) is 17.1 Å². The van der Waals surface area contributed by atoms with E-state index in [0.717, 1.165) is 37.9 Å². The second-order valence-electron chi connectivity index (χ2n) is 9.47. The number of aliphatic hydroxyl groups excluding tert-OH is 1. The Morgan fingerprint density at radius 2 is 1.94 bits per heavy atom. The second-order valence-corrected chi connectivity index (χ2v) is 9.88. The monoisotopic (exact) mass is 496 g/mol. The molecule has 0 radical (unpaired) electrons. The molecular weight excluding hydrogens is 464 g/mol. The lowest BCUT2D eigenvalue weighted by Crippen LogP contribution is -2.44. The van der Waals surface area contributed by atoms with Crippen LogP contribution in [0.5, 0.6) is 5.75 Å². The molecule has 0 amide bonds. The summed E-state index contributed by atoms with van der Waals surface area (Å²) in [4.78, 5) is 19.0. The Kier molecular flexibility index (Phi) is 8.26. The summed E-state index contributed by atoms with van der Waals surface area (Å²) in [6.45, 7) is 2.48. The quantitative estimate of drug-likeness (QED) is 0.385. The Morgan fingerprint density at radius 3 is 2.63 bits per heavy atom. The van der Waals surface area contributed by atoms with Gasteiger partial charge >= 0.3 is 5.97 Å². The van der Waals surface area contributed by atoms with Crippen LogP contribution in [0.3, 0.4) is 0 Å². The third-order valence-corrected chi connectivity index (χ3v) is 7.65. The molecular formula is C28H33ClN2O4. The number of ether oxygens (including phenoxy) is 1. The molecule has 0 spiro atoms. The van der Waals surface area contributed by atoms with Crippen LogP contribution >= 0.6 is 11.6 Å². The summed E-state index contributed by atoms with van der Waals surface area (Å²) in [5.74, 6) is -0.127. The van der Waals surface area contributed by atoms with Crippen molar-refractivity contribution < 1.29 is 19.7 Å². The number of likely N-dealkylation sites (tertiary alicyclic amines) is 1. The molecule has 3 aromatic rings. The summed E-state index contributed by atoms with van der Waals surface area (Å²) in [5.41, 5.74) is 1.79. The van der Waals surface area contributed by atoms with Gasteiger partial charge in [-0.15, -0.1) is 0 Å². The lowest BCUT2D eigenvalue weighted by atomic mass is 9.74. The van der Waals surface area contributed by atoms with E-state index in [1.54, 1.807) is 7.11 Å². The first-order valence-electron chi connectivity index (χ1n) is 12.2. The molecule has 6 nitrogen and oxygen atoms in total. The maximum absolute atomic E-state index is 12.3. The maximum Gasteiger partial charge on any atom is 0.309 e. The molecule has 1 aromatic heterocycles. The number of benzene rings is 2. The van der Waals surface area contributed by atoms with Crippen molar-refractivity contribution in [1.82, 2.24) is 9.88 Å².